The van der Waals surface area contributed by atoms with E-state index < -0.39 is 0 Å². The number of benzene rings is 1. The topological polar surface area (TPSA) is 58.4 Å². The summed E-state index contributed by atoms with van der Waals surface area (Å²) in [5.41, 5.74) is 1.26. The van der Waals surface area contributed by atoms with E-state index in [0.717, 1.165) is 31.7 Å². The number of thiophene rings is 1. The number of piperazine rings is 1. The maximum atomic E-state index is 10.8. The molecular formula is C15H19Cl2N3O2S. The fourth-order valence-corrected chi connectivity index (χ4v) is 3.61. The van der Waals surface area contributed by atoms with Gasteiger partial charge in [-0.1, -0.05) is 18.2 Å². The first-order chi connectivity index (χ1) is 10.3. The van der Waals surface area contributed by atoms with E-state index in [1.807, 2.05) is 12.1 Å². The molecule has 0 bridgehead atoms. The molecular weight excluding hydrogens is 357 g/mol. The molecule has 2 aromatic rings. The van der Waals surface area contributed by atoms with E-state index in [4.69, 9.17) is 0 Å². The second kappa shape index (κ2) is 9.20. The molecule has 0 amide bonds. The summed E-state index contributed by atoms with van der Waals surface area (Å²) in [4.78, 5) is 14.2. The summed E-state index contributed by atoms with van der Waals surface area (Å²) in [6.45, 7) is 3.93. The number of hydrogen-bond acceptors (Lipinski definition) is 5. The van der Waals surface area contributed by atoms with Gasteiger partial charge in [0.25, 0.3) is 5.69 Å². The Kier molecular flexibility index (Phi) is 7.94. The van der Waals surface area contributed by atoms with Crippen molar-refractivity contribution >= 4 is 41.8 Å². The predicted molar refractivity (Wildman–Crippen MR) is 98.2 cm³/mol. The van der Waals surface area contributed by atoms with Crippen LogP contribution in [0.3, 0.4) is 0 Å². The van der Waals surface area contributed by atoms with Crippen LogP contribution >= 0.6 is 36.2 Å². The van der Waals surface area contributed by atoms with Crippen molar-refractivity contribution in [3.8, 4) is 0 Å². The van der Waals surface area contributed by atoms with Crippen molar-refractivity contribution in [2.75, 3.05) is 26.2 Å². The van der Waals surface area contributed by atoms with Gasteiger partial charge in [0.1, 0.15) is 0 Å². The summed E-state index contributed by atoms with van der Waals surface area (Å²) >= 11 is 1.73. The molecule has 1 aliphatic rings. The van der Waals surface area contributed by atoms with Crippen LogP contribution in [0, 0.1) is 10.1 Å². The smallest absolute Gasteiger partial charge is 0.269 e. The summed E-state index contributed by atoms with van der Waals surface area (Å²) in [5, 5.41) is 16.2. The lowest BCUT2D eigenvalue weighted by Gasteiger charge is -2.34. The van der Waals surface area contributed by atoms with Crippen LogP contribution in [-0.2, 0) is 0 Å². The number of nitro benzene ring substituents is 1. The normalized spacial score (nSPS) is 16.0. The molecule has 0 aliphatic carbocycles. The highest BCUT2D eigenvalue weighted by atomic mass is 35.5. The molecule has 0 saturated carbocycles. The molecule has 2 heterocycles. The molecule has 8 heteroatoms. The molecule has 0 spiro atoms. The fraction of sp³-hybridized carbons (Fsp3) is 0.333. The molecule has 0 radical (unpaired) electrons. The Bertz CT molecular complexity index is 602. The summed E-state index contributed by atoms with van der Waals surface area (Å²) in [7, 11) is 0. The van der Waals surface area contributed by atoms with E-state index in [0.29, 0.717) is 0 Å². The molecule has 23 heavy (non-hydrogen) atoms. The van der Waals surface area contributed by atoms with Gasteiger partial charge in [-0.2, -0.15) is 0 Å². The average molecular weight is 376 g/mol. The van der Waals surface area contributed by atoms with Crippen LogP contribution in [0.1, 0.15) is 16.5 Å². The van der Waals surface area contributed by atoms with E-state index in [1.165, 1.54) is 4.88 Å². The lowest BCUT2D eigenvalue weighted by molar-refractivity contribution is -0.384. The maximum absolute atomic E-state index is 10.8. The van der Waals surface area contributed by atoms with Crippen LogP contribution < -0.4 is 5.32 Å². The number of halogens is 2. The minimum Gasteiger partial charge on any atom is -0.314 e. The van der Waals surface area contributed by atoms with Gasteiger partial charge >= 0.3 is 0 Å². The van der Waals surface area contributed by atoms with E-state index in [1.54, 1.807) is 23.5 Å². The molecule has 1 aromatic heterocycles. The van der Waals surface area contributed by atoms with Gasteiger partial charge in [0, 0.05) is 43.2 Å². The molecule has 1 atom stereocenters. The molecule has 3 rings (SSSR count). The number of nitro groups is 1. The first-order valence-corrected chi connectivity index (χ1v) is 7.86. The molecule has 5 nitrogen and oxygen atoms in total. The van der Waals surface area contributed by atoms with Crippen molar-refractivity contribution < 1.29 is 4.92 Å². The maximum Gasteiger partial charge on any atom is 0.269 e. The van der Waals surface area contributed by atoms with Crippen molar-refractivity contribution in [1.82, 2.24) is 10.2 Å². The van der Waals surface area contributed by atoms with Crippen LogP contribution in [0.4, 0.5) is 5.69 Å². The van der Waals surface area contributed by atoms with Gasteiger partial charge in [-0.25, -0.2) is 0 Å². The monoisotopic (exact) mass is 375 g/mol. The van der Waals surface area contributed by atoms with Gasteiger partial charge in [0.05, 0.1) is 11.0 Å². The molecule has 1 N–H and O–H groups in total. The number of rotatable bonds is 4. The molecule has 1 aliphatic heterocycles. The molecule has 1 fully saturated rings. The van der Waals surface area contributed by atoms with Crippen LogP contribution in [0.25, 0.3) is 0 Å². The zero-order valence-corrected chi connectivity index (χ0v) is 14.8. The SMILES string of the molecule is Cl.Cl.O=[N+]([O-])c1ccc([C@@H](c2cccs2)N2CCNCC2)cc1. The standard InChI is InChI=1S/C15H17N3O2S.2ClH/c19-18(20)13-5-3-12(4-6-13)15(14-2-1-11-21-14)17-9-7-16-8-10-17;;/h1-6,11,15-16H,7-10H2;2*1H/t15-;;/m0../s1. The molecule has 1 aromatic carbocycles. The van der Waals surface area contributed by atoms with E-state index >= 15 is 0 Å². The Morgan fingerprint density at radius 3 is 2.30 bits per heavy atom. The van der Waals surface area contributed by atoms with Gasteiger partial charge < -0.3 is 5.32 Å². The summed E-state index contributed by atoms with van der Waals surface area (Å²) in [5.74, 6) is 0. The van der Waals surface area contributed by atoms with Crippen LogP contribution in [-0.4, -0.2) is 36.0 Å². The second-order valence-electron chi connectivity index (χ2n) is 5.05. The first-order valence-electron chi connectivity index (χ1n) is 6.98. The van der Waals surface area contributed by atoms with E-state index in [9.17, 15) is 10.1 Å². The summed E-state index contributed by atoms with van der Waals surface area (Å²) in [6, 6.07) is 11.3. The minimum absolute atomic E-state index is 0. The van der Waals surface area contributed by atoms with Crippen molar-refractivity contribution in [2.24, 2.45) is 0 Å². The fourth-order valence-electron chi connectivity index (χ4n) is 2.72. The average Bonchev–Trinajstić information content (AvgIpc) is 3.03. The van der Waals surface area contributed by atoms with Crippen LogP contribution in [0.2, 0.25) is 0 Å². The second-order valence-corrected chi connectivity index (χ2v) is 6.03. The van der Waals surface area contributed by atoms with Crippen molar-refractivity contribution in [1.29, 1.82) is 0 Å². The quantitative estimate of drug-likeness (QED) is 0.656. The number of nitrogens with zero attached hydrogens (tertiary/aromatic N) is 2. The lowest BCUT2D eigenvalue weighted by atomic mass is 10.0. The summed E-state index contributed by atoms with van der Waals surface area (Å²) < 4.78 is 0. The minimum atomic E-state index is -0.352. The highest BCUT2D eigenvalue weighted by Crippen LogP contribution is 2.32. The van der Waals surface area contributed by atoms with Crippen LogP contribution in [0.5, 0.6) is 0 Å². The van der Waals surface area contributed by atoms with E-state index in [-0.39, 0.29) is 41.5 Å². The zero-order chi connectivity index (χ0) is 14.7. The Labute approximate surface area is 151 Å². The Morgan fingerprint density at radius 2 is 1.78 bits per heavy atom. The Morgan fingerprint density at radius 1 is 1.13 bits per heavy atom. The highest BCUT2D eigenvalue weighted by Gasteiger charge is 2.25. The van der Waals surface area contributed by atoms with Gasteiger partial charge in [-0.15, -0.1) is 36.2 Å². The molecule has 126 valence electrons. The predicted octanol–water partition coefficient (Wildman–Crippen LogP) is 3.49. The summed E-state index contributed by atoms with van der Waals surface area (Å²) in [6.07, 6.45) is 0. The highest BCUT2D eigenvalue weighted by molar-refractivity contribution is 7.10. The van der Waals surface area contributed by atoms with Gasteiger partial charge in [-0.3, -0.25) is 15.0 Å². The van der Waals surface area contributed by atoms with Gasteiger partial charge in [0.15, 0.2) is 0 Å². The van der Waals surface area contributed by atoms with Crippen molar-refractivity contribution in [2.45, 2.75) is 6.04 Å². The van der Waals surface area contributed by atoms with Crippen molar-refractivity contribution in [3.05, 3.63) is 62.3 Å². The number of hydrogen-bond donors (Lipinski definition) is 1. The first kappa shape index (κ1) is 19.9. The number of non-ortho nitro benzene ring substituents is 1. The van der Waals surface area contributed by atoms with Crippen molar-refractivity contribution in [3.63, 3.8) is 0 Å². The van der Waals surface area contributed by atoms with Gasteiger partial charge in [0.2, 0.25) is 0 Å². The lowest BCUT2D eigenvalue weighted by Crippen LogP contribution is -2.45. The number of nitrogens with one attached hydrogen (secondary N) is 1. The third-order valence-corrected chi connectivity index (χ3v) is 4.67. The Balaban J connectivity index is 0.00000132. The molecule has 1 saturated heterocycles. The van der Waals surface area contributed by atoms with Gasteiger partial charge in [-0.05, 0) is 17.0 Å². The van der Waals surface area contributed by atoms with Crippen LogP contribution in [0.15, 0.2) is 41.8 Å². The third kappa shape index (κ3) is 4.65. The molecule has 0 unspecified atom stereocenters. The largest absolute Gasteiger partial charge is 0.314 e. The third-order valence-electron chi connectivity index (χ3n) is 3.75. The van der Waals surface area contributed by atoms with E-state index in [2.05, 4.69) is 27.7 Å². The Hall–Kier alpha value is -1.18. The zero-order valence-electron chi connectivity index (χ0n) is 12.4.